The van der Waals surface area contributed by atoms with Gasteiger partial charge >= 0.3 is 5.97 Å². The molecule has 2 N–H and O–H groups in total. The molecule has 34 heavy (non-hydrogen) atoms. The van der Waals surface area contributed by atoms with Gasteiger partial charge in [-0.05, 0) is 50.7 Å². The number of carbonyl (C=O) groups is 3. The molecule has 0 saturated heterocycles. The van der Waals surface area contributed by atoms with Crippen LogP contribution in [-0.4, -0.2) is 40.3 Å². The first-order valence-electron chi connectivity index (χ1n) is 11.8. The number of nitrogens with one attached hydrogen (secondary N) is 2. The van der Waals surface area contributed by atoms with Crippen molar-refractivity contribution in [2.45, 2.75) is 63.1 Å². The van der Waals surface area contributed by atoms with Crippen molar-refractivity contribution in [1.29, 1.82) is 0 Å². The van der Waals surface area contributed by atoms with Gasteiger partial charge in [0, 0.05) is 5.92 Å². The zero-order chi connectivity index (χ0) is 24.3. The van der Waals surface area contributed by atoms with E-state index in [1.807, 2.05) is 0 Å². The molecule has 0 bridgehead atoms. The first-order valence-corrected chi connectivity index (χ1v) is 13.6. The largest absolute Gasteiger partial charge is 0.462 e. The smallest absolute Gasteiger partial charge is 0.340 e. The summed E-state index contributed by atoms with van der Waals surface area (Å²) >= 11 is 2.48. The number of hydrogen-bond donors (Lipinski definition) is 2. The van der Waals surface area contributed by atoms with Crippen molar-refractivity contribution < 1.29 is 19.1 Å². The van der Waals surface area contributed by atoms with E-state index in [2.05, 4.69) is 27.8 Å². The maximum Gasteiger partial charge on any atom is 0.340 e. The fraction of sp³-hybridized carbons (Fsp3) is 0.542. The van der Waals surface area contributed by atoms with Crippen LogP contribution in [0.1, 0.15) is 69.2 Å². The number of thioether (sulfide) groups is 1. The van der Waals surface area contributed by atoms with Gasteiger partial charge in [-0.15, -0.1) is 10.2 Å². The minimum atomic E-state index is -0.481. The molecule has 1 fully saturated rings. The second kappa shape index (κ2) is 13.4. The molecule has 0 aliphatic heterocycles. The Balaban J connectivity index is 1.44. The van der Waals surface area contributed by atoms with Gasteiger partial charge < -0.3 is 15.4 Å². The Morgan fingerprint density at radius 3 is 2.59 bits per heavy atom. The van der Waals surface area contributed by atoms with E-state index in [0.717, 1.165) is 31.6 Å². The first kappa shape index (κ1) is 26.2. The molecule has 1 aliphatic rings. The summed E-state index contributed by atoms with van der Waals surface area (Å²) in [6.45, 7) is 4.20. The zero-order valence-corrected chi connectivity index (χ0v) is 21.3. The zero-order valence-electron chi connectivity index (χ0n) is 19.7. The van der Waals surface area contributed by atoms with E-state index in [4.69, 9.17) is 4.74 Å². The predicted molar refractivity (Wildman–Crippen MR) is 135 cm³/mol. The Hall–Kier alpha value is -2.46. The quantitative estimate of drug-likeness (QED) is 0.240. The second-order valence-corrected chi connectivity index (χ2v) is 10.5. The molecule has 2 aromatic rings. The predicted octanol–water partition coefficient (Wildman–Crippen LogP) is 5.38. The lowest BCUT2D eigenvalue weighted by Gasteiger charge is -2.27. The van der Waals surface area contributed by atoms with Gasteiger partial charge in [0.1, 0.15) is 0 Å². The highest BCUT2D eigenvalue weighted by Gasteiger charge is 2.26. The van der Waals surface area contributed by atoms with E-state index in [9.17, 15) is 14.4 Å². The highest BCUT2D eigenvalue weighted by Crippen LogP contribution is 2.33. The van der Waals surface area contributed by atoms with Crippen LogP contribution in [0.4, 0.5) is 10.8 Å². The number of aromatic nitrogens is 2. The number of esters is 1. The van der Waals surface area contributed by atoms with Crippen molar-refractivity contribution in [1.82, 2.24) is 10.2 Å². The lowest BCUT2D eigenvalue weighted by atomic mass is 9.79. The highest BCUT2D eigenvalue weighted by atomic mass is 32.2. The van der Waals surface area contributed by atoms with Crippen molar-refractivity contribution in [2.24, 2.45) is 11.8 Å². The SMILES string of the molecule is CCCCC1CCC(C(=O)Nc2nnc(SCC(=O)Nc3ccccc3C(=O)OCC)s2)CC1. The fourth-order valence-corrected chi connectivity index (χ4v) is 5.58. The molecule has 10 heteroatoms. The molecule has 1 heterocycles. The Morgan fingerprint density at radius 2 is 1.85 bits per heavy atom. The number of para-hydroxylation sites is 1. The summed E-state index contributed by atoms with van der Waals surface area (Å²) in [5.41, 5.74) is 0.712. The van der Waals surface area contributed by atoms with E-state index in [1.54, 1.807) is 31.2 Å². The molecule has 1 aromatic heterocycles. The van der Waals surface area contributed by atoms with Crippen LogP contribution in [0.2, 0.25) is 0 Å². The number of ether oxygens (including phenoxy) is 1. The van der Waals surface area contributed by atoms with E-state index in [0.29, 0.717) is 20.7 Å². The maximum absolute atomic E-state index is 12.6. The standard InChI is InChI=1S/C24H32N4O4S2/c1-3-5-8-16-11-13-17(14-12-16)21(30)26-23-27-28-24(34-23)33-15-20(29)25-19-10-7-6-9-18(19)22(31)32-4-2/h6-7,9-10,16-17H,3-5,8,11-15H2,1-2H3,(H,25,29)(H,26,27,30). The summed E-state index contributed by atoms with van der Waals surface area (Å²) in [6, 6.07) is 6.72. The molecule has 0 atom stereocenters. The average molecular weight is 505 g/mol. The number of carbonyl (C=O) groups excluding carboxylic acids is 3. The highest BCUT2D eigenvalue weighted by molar-refractivity contribution is 8.01. The van der Waals surface area contributed by atoms with Crippen LogP contribution in [-0.2, 0) is 14.3 Å². The lowest BCUT2D eigenvalue weighted by Crippen LogP contribution is -2.27. The Morgan fingerprint density at radius 1 is 1.09 bits per heavy atom. The van der Waals surface area contributed by atoms with E-state index < -0.39 is 5.97 Å². The van der Waals surface area contributed by atoms with E-state index in [1.165, 1.54) is 42.4 Å². The van der Waals surface area contributed by atoms with Crippen LogP contribution in [0.3, 0.4) is 0 Å². The summed E-state index contributed by atoms with van der Waals surface area (Å²) in [7, 11) is 0. The monoisotopic (exact) mass is 504 g/mol. The average Bonchev–Trinajstić information content (AvgIpc) is 3.29. The number of nitrogens with zero attached hydrogens (tertiary/aromatic N) is 2. The molecular formula is C24H32N4O4S2. The summed E-state index contributed by atoms with van der Waals surface area (Å²) in [6.07, 6.45) is 7.84. The molecule has 0 radical (unpaired) electrons. The Bertz CT molecular complexity index is 973. The van der Waals surface area contributed by atoms with Crippen molar-refractivity contribution in [3.63, 3.8) is 0 Å². The van der Waals surface area contributed by atoms with E-state index >= 15 is 0 Å². The van der Waals surface area contributed by atoms with Gasteiger partial charge in [0.15, 0.2) is 4.34 Å². The second-order valence-electron chi connectivity index (χ2n) is 8.33. The number of anilines is 2. The summed E-state index contributed by atoms with van der Waals surface area (Å²) in [4.78, 5) is 37.1. The molecule has 184 valence electrons. The number of rotatable bonds is 11. The van der Waals surface area contributed by atoms with Gasteiger partial charge in [-0.1, -0.05) is 61.4 Å². The molecule has 0 unspecified atom stereocenters. The number of benzene rings is 1. The molecular weight excluding hydrogens is 472 g/mol. The third-order valence-electron chi connectivity index (χ3n) is 5.84. The van der Waals surface area contributed by atoms with Crippen molar-refractivity contribution in [2.75, 3.05) is 23.0 Å². The maximum atomic E-state index is 12.6. The van der Waals surface area contributed by atoms with Gasteiger partial charge in [-0.25, -0.2) is 4.79 Å². The molecule has 2 amide bonds. The number of unbranched alkanes of at least 4 members (excludes halogenated alkanes) is 1. The minimum absolute atomic E-state index is 0.00922. The van der Waals surface area contributed by atoms with Crippen LogP contribution in [0.5, 0.6) is 0 Å². The molecule has 1 aliphatic carbocycles. The third-order valence-corrected chi connectivity index (χ3v) is 7.82. The van der Waals surface area contributed by atoms with Crippen molar-refractivity contribution >= 4 is 51.7 Å². The fourth-order valence-electron chi connectivity index (χ4n) is 4.02. The van der Waals surface area contributed by atoms with Crippen LogP contribution >= 0.6 is 23.1 Å². The summed E-state index contributed by atoms with van der Waals surface area (Å²) < 4.78 is 5.62. The number of hydrogen-bond acceptors (Lipinski definition) is 8. The molecule has 3 rings (SSSR count). The van der Waals surface area contributed by atoms with Crippen LogP contribution < -0.4 is 10.6 Å². The molecule has 0 spiro atoms. The van der Waals surface area contributed by atoms with Crippen LogP contribution in [0.25, 0.3) is 0 Å². The molecule has 1 aromatic carbocycles. The summed E-state index contributed by atoms with van der Waals surface area (Å²) in [5, 5.41) is 14.2. The lowest BCUT2D eigenvalue weighted by molar-refractivity contribution is -0.121. The Kier molecular flexibility index (Phi) is 10.3. The number of amides is 2. The van der Waals surface area contributed by atoms with Gasteiger partial charge in [0.05, 0.1) is 23.6 Å². The topological polar surface area (TPSA) is 110 Å². The van der Waals surface area contributed by atoms with Crippen LogP contribution in [0.15, 0.2) is 28.6 Å². The van der Waals surface area contributed by atoms with Gasteiger partial charge in [-0.3, -0.25) is 9.59 Å². The molecule has 1 saturated carbocycles. The first-order chi connectivity index (χ1) is 16.5. The normalized spacial score (nSPS) is 17.7. The third kappa shape index (κ3) is 7.80. The van der Waals surface area contributed by atoms with Crippen LogP contribution in [0, 0.1) is 11.8 Å². The van der Waals surface area contributed by atoms with Gasteiger partial charge in [0.25, 0.3) is 0 Å². The summed E-state index contributed by atoms with van der Waals surface area (Å²) in [5.74, 6) is 0.135. The van der Waals surface area contributed by atoms with Crippen molar-refractivity contribution in [3.05, 3.63) is 29.8 Å². The van der Waals surface area contributed by atoms with Gasteiger partial charge in [0.2, 0.25) is 16.9 Å². The van der Waals surface area contributed by atoms with E-state index in [-0.39, 0.29) is 30.1 Å². The Labute approximate surface area is 208 Å². The minimum Gasteiger partial charge on any atom is -0.462 e. The molecule has 8 nitrogen and oxygen atoms in total. The van der Waals surface area contributed by atoms with Crippen molar-refractivity contribution in [3.8, 4) is 0 Å². The van der Waals surface area contributed by atoms with Gasteiger partial charge in [-0.2, -0.15) is 0 Å².